The largest absolute Gasteiger partial charge is 0.475 e. The molecule has 578 valence electrons. The summed E-state index contributed by atoms with van der Waals surface area (Å²) in [4.78, 5) is 23.7. The molecular formula is C100H96N4O4P4S3. The fourth-order valence-electron chi connectivity index (χ4n) is 14.5. The zero-order valence-corrected chi connectivity index (χ0v) is 72.3. The third kappa shape index (κ3) is 19.3. The van der Waals surface area contributed by atoms with Gasteiger partial charge in [0.05, 0.1) is 40.2 Å². The smallest absolute Gasteiger partial charge is 0.227 e. The monoisotopic (exact) mass is 1640 g/mol. The van der Waals surface area contributed by atoms with E-state index >= 15 is 0 Å². The van der Waals surface area contributed by atoms with Crippen molar-refractivity contribution < 1.29 is 18.9 Å². The number of benzene rings is 11. The molecule has 0 bridgehead atoms. The van der Waals surface area contributed by atoms with Crippen molar-refractivity contribution in [2.45, 2.75) is 86.0 Å². The number of nitrogens with zero attached hydrogens (tertiary/aromatic N) is 4. The second-order valence-corrected chi connectivity index (χ2v) is 42.0. The van der Waals surface area contributed by atoms with Crippen molar-refractivity contribution in [3.05, 3.63) is 370 Å². The van der Waals surface area contributed by atoms with Crippen LogP contribution in [0, 0.1) is 31.6 Å². The summed E-state index contributed by atoms with van der Waals surface area (Å²) in [5.41, 5.74) is 4.81. The van der Waals surface area contributed by atoms with Gasteiger partial charge in [-0.25, -0.2) is 20.0 Å². The molecule has 4 aliphatic heterocycles. The van der Waals surface area contributed by atoms with Crippen molar-refractivity contribution >= 4 is 162 Å². The molecule has 8 nitrogen and oxygen atoms in total. The normalized spacial score (nSPS) is 16.2. The predicted octanol–water partition coefficient (Wildman–Crippen LogP) is 19.5. The van der Waals surface area contributed by atoms with E-state index in [1.807, 2.05) is 34.0 Å². The lowest BCUT2D eigenvalue weighted by Crippen LogP contribution is -2.25. The minimum atomic E-state index is -0.758. The van der Waals surface area contributed by atoms with Crippen molar-refractivity contribution in [2.24, 2.45) is 37.7 Å². The van der Waals surface area contributed by atoms with Gasteiger partial charge in [-0.1, -0.05) is 351 Å². The molecule has 0 aliphatic carbocycles. The summed E-state index contributed by atoms with van der Waals surface area (Å²) >= 11 is 5.48. The van der Waals surface area contributed by atoms with Crippen molar-refractivity contribution in [2.75, 3.05) is 26.4 Å². The van der Waals surface area contributed by atoms with Gasteiger partial charge in [-0.15, -0.1) is 34.0 Å². The Labute approximate surface area is 696 Å². The summed E-state index contributed by atoms with van der Waals surface area (Å²) in [6, 6.07) is 118. The van der Waals surface area contributed by atoms with Gasteiger partial charge in [0.1, 0.15) is 26.4 Å². The highest BCUT2D eigenvalue weighted by Crippen LogP contribution is 2.44. The summed E-state index contributed by atoms with van der Waals surface area (Å²) in [5.74, 6) is 4.74. The standard InChI is InChI=1S/C30H24NOPS.C24H26NOPS.C24H24NOP.C22H22NOPS/c1-4-12-22(13-5-1)20-23-21-32-30(31-23)29-28(26-18-10-11-19-27(26)34-29)33(24-14-6-2-7-15-24)25-16-8-3-9-17-25;1-16(2)21-15-26-24(25-21)22-17(3)28-18(4)23(22)27(19-11-7-5-8-12-19)20-13-9-6-10-14-20;1-18(2)22-17-26-24(25-22)21-15-9-10-16-23(21)27(19-11-5-3-6-12-19)20-13-7-4-8-14-20;1-16(2)20-15-24-21(23-20)19-13-14-26-22(19)25(17-9-5-3-6-10-17)18-11-7-4-8-12-18/h1-19,23H,20-21H2;5-14,16,21H,15H2,1-4H3;3-16,18,22H,17H2,1-2H3;3-14,16,20H,15H2,1-2H3. The van der Waals surface area contributed by atoms with Crippen LogP contribution in [0.5, 0.6) is 0 Å². The Morgan fingerprint density at radius 2 is 0.696 bits per heavy atom. The number of hydrogen-bond acceptors (Lipinski definition) is 11. The Morgan fingerprint density at radius 1 is 0.330 bits per heavy atom. The van der Waals surface area contributed by atoms with E-state index in [0.717, 1.165) is 41.1 Å². The van der Waals surface area contributed by atoms with E-state index < -0.39 is 31.7 Å². The van der Waals surface area contributed by atoms with E-state index in [4.69, 9.17) is 38.9 Å². The summed E-state index contributed by atoms with van der Waals surface area (Å²) in [6.45, 7) is 20.4. The van der Waals surface area contributed by atoms with E-state index in [9.17, 15) is 0 Å². The molecule has 0 N–H and O–H groups in total. The molecule has 0 radical (unpaired) electrons. The molecule has 11 aromatic carbocycles. The van der Waals surface area contributed by atoms with Gasteiger partial charge in [0.2, 0.25) is 23.6 Å². The molecule has 4 unspecified atom stereocenters. The summed E-state index contributed by atoms with van der Waals surface area (Å²) in [6.07, 6.45) is 0.900. The average Bonchev–Trinajstić information content (AvgIpc) is 1.54. The molecule has 3 aromatic heterocycles. The number of aryl methyl sites for hydroxylation is 2. The van der Waals surface area contributed by atoms with Crippen molar-refractivity contribution in [3.63, 3.8) is 0 Å². The molecule has 4 atom stereocenters. The second kappa shape index (κ2) is 38.9. The molecule has 4 aliphatic rings. The summed E-state index contributed by atoms with van der Waals surface area (Å²) < 4.78 is 27.1. The third-order valence-corrected chi connectivity index (χ3v) is 34.6. The Morgan fingerprint density at radius 3 is 1.15 bits per heavy atom. The van der Waals surface area contributed by atoms with Gasteiger partial charge >= 0.3 is 0 Å². The van der Waals surface area contributed by atoms with Crippen molar-refractivity contribution in [1.82, 2.24) is 0 Å². The van der Waals surface area contributed by atoms with E-state index in [-0.39, 0.29) is 24.2 Å². The molecule has 15 heteroatoms. The van der Waals surface area contributed by atoms with E-state index in [1.165, 1.54) is 98.8 Å². The molecular weight excluding hydrogens is 1540 g/mol. The van der Waals surface area contributed by atoms with Crippen LogP contribution in [0.2, 0.25) is 0 Å². The van der Waals surface area contributed by atoms with E-state index in [0.29, 0.717) is 44.2 Å². The maximum Gasteiger partial charge on any atom is 0.227 e. The topological polar surface area (TPSA) is 86.4 Å². The molecule has 0 spiro atoms. The lowest BCUT2D eigenvalue weighted by molar-refractivity contribution is 0.292. The van der Waals surface area contributed by atoms with Crippen molar-refractivity contribution in [1.29, 1.82) is 0 Å². The Kier molecular flexibility index (Phi) is 27.2. The maximum atomic E-state index is 6.29. The van der Waals surface area contributed by atoms with Crippen LogP contribution >= 0.6 is 65.7 Å². The van der Waals surface area contributed by atoms with Gasteiger partial charge in [0.25, 0.3) is 0 Å². The Balaban J connectivity index is 0.000000121. The lowest BCUT2D eigenvalue weighted by atomic mass is 10.1. The highest BCUT2D eigenvalue weighted by atomic mass is 32.1. The molecule has 0 fully saturated rings. The van der Waals surface area contributed by atoms with Crippen LogP contribution in [0.3, 0.4) is 0 Å². The van der Waals surface area contributed by atoms with Gasteiger partial charge in [-0.05, 0) is 147 Å². The van der Waals surface area contributed by atoms with Gasteiger partial charge in [-0.2, -0.15) is 0 Å². The van der Waals surface area contributed by atoms with Crippen LogP contribution in [0.1, 0.15) is 78.4 Å². The van der Waals surface area contributed by atoms with Gasteiger partial charge in [0.15, 0.2) is 0 Å². The molecule has 14 aromatic rings. The van der Waals surface area contributed by atoms with Gasteiger partial charge in [0, 0.05) is 40.6 Å². The van der Waals surface area contributed by atoms with Crippen LogP contribution < -0.4 is 63.0 Å². The van der Waals surface area contributed by atoms with Crippen LogP contribution in [0.15, 0.2) is 353 Å². The molecule has 115 heavy (non-hydrogen) atoms. The predicted molar refractivity (Wildman–Crippen MR) is 501 cm³/mol. The SMILES string of the molecule is CC(C)C1COC(c2ccccc2P(c2ccccc2)c2ccccc2)=N1.CC(C)C1COC(c2ccsc2P(c2ccccc2)c2ccccc2)=N1.Cc1sc(C)c(P(c2ccccc2)c2ccccc2)c1C1=NC(C(C)C)CO1.c1ccc(CC2COC(c3sc4ccccc4c3P(c3ccccc3)c3ccccc3)=N2)cc1. The van der Waals surface area contributed by atoms with E-state index in [1.54, 1.807) is 0 Å². The second-order valence-electron chi connectivity index (χ2n) is 29.7. The Hall–Kier alpha value is -9.62. The number of aliphatic imine (C=N–C) groups is 4. The van der Waals surface area contributed by atoms with Crippen LogP contribution in [-0.4, -0.2) is 74.2 Å². The first kappa shape index (κ1) is 80.6. The average molecular weight is 1640 g/mol. The fourth-order valence-corrected chi connectivity index (χ4v) is 28.9. The zero-order chi connectivity index (χ0) is 79.0. The fraction of sp³-hybridized carbons (Fsp3) is 0.200. The van der Waals surface area contributed by atoms with Crippen LogP contribution in [0.4, 0.5) is 0 Å². The molecule has 0 saturated carbocycles. The van der Waals surface area contributed by atoms with E-state index in [2.05, 4.69) is 388 Å². The first-order chi connectivity index (χ1) is 56.4. The van der Waals surface area contributed by atoms with Crippen molar-refractivity contribution in [3.8, 4) is 0 Å². The minimum Gasteiger partial charge on any atom is -0.475 e. The number of ether oxygens (including phenoxy) is 4. The first-order valence-electron chi connectivity index (χ1n) is 39.7. The number of hydrogen-bond donors (Lipinski definition) is 0. The lowest BCUT2D eigenvalue weighted by Gasteiger charge is -2.22. The number of rotatable bonds is 21. The zero-order valence-electron chi connectivity index (χ0n) is 66.3. The third-order valence-electron chi connectivity index (χ3n) is 20.6. The molecule has 18 rings (SSSR count). The highest BCUT2D eigenvalue weighted by Gasteiger charge is 2.35. The van der Waals surface area contributed by atoms with Crippen LogP contribution in [-0.2, 0) is 25.4 Å². The van der Waals surface area contributed by atoms with Crippen LogP contribution in [0.25, 0.3) is 10.1 Å². The summed E-state index contributed by atoms with van der Waals surface area (Å²) in [7, 11) is -2.71. The number of fused-ring (bicyclic) bond motifs is 1. The summed E-state index contributed by atoms with van der Waals surface area (Å²) in [5, 5.41) is 18.3. The quantitative estimate of drug-likeness (QED) is 0.0671. The minimum absolute atomic E-state index is 0.148. The molecule has 0 saturated heterocycles. The molecule has 0 amide bonds. The van der Waals surface area contributed by atoms with Gasteiger partial charge in [-0.3, -0.25) is 0 Å². The first-order valence-corrected chi connectivity index (χ1v) is 47.5. The molecule has 7 heterocycles. The number of thiophene rings is 3. The van der Waals surface area contributed by atoms with Gasteiger partial charge < -0.3 is 18.9 Å². The Bertz CT molecular complexity index is 5440. The maximum absolute atomic E-state index is 6.29. The highest BCUT2D eigenvalue weighted by molar-refractivity contribution is 7.84.